The molecule has 14 heteroatoms. The number of rotatable bonds is 48. The zero-order chi connectivity index (χ0) is 54.4. The fraction of sp³-hybridized carbons (Fsp3) is 0.820. The normalized spacial score (nSPS) is 25.0. The van der Waals surface area contributed by atoms with Crippen LogP contribution in [0.15, 0.2) is 60.8 Å². The lowest BCUT2D eigenvalue weighted by atomic mass is 9.98. The largest absolute Gasteiger partial charge is 0.457 e. The maximum absolute atomic E-state index is 13.1. The van der Waals surface area contributed by atoms with Crippen molar-refractivity contribution in [2.24, 2.45) is 0 Å². The number of aliphatic hydroxyl groups is 7. The summed E-state index contributed by atoms with van der Waals surface area (Å²) in [7, 11) is 0. The SMILES string of the molecule is CC/C=C\C/C=C\C/C=C\C/C=C\CCCCCCCCCCCCCCC(=O)OC(COCCCCCCCC/C=C\CCCCCCCC)COC1OC(COC2OC(CO)C(O)C(O)C2O)C(O)C(O)C1O. The van der Waals surface area contributed by atoms with Crippen LogP contribution in [-0.4, -0.2) is 142 Å². The Morgan fingerprint density at radius 1 is 0.453 bits per heavy atom. The first-order valence-corrected chi connectivity index (χ1v) is 29.9. The number of hydrogen-bond donors (Lipinski definition) is 7. The Labute approximate surface area is 454 Å². The first kappa shape index (κ1) is 68.8. The van der Waals surface area contributed by atoms with Crippen molar-refractivity contribution in [2.45, 2.75) is 287 Å². The Bertz CT molecular complexity index is 1470. The second-order valence-electron chi connectivity index (χ2n) is 20.8. The van der Waals surface area contributed by atoms with Crippen molar-refractivity contribution < 1.29 is 69.0 Å². The molecule has 0 aromatic carbocycles. The second-order valence-corrected chi connectivity index (χ2v) is 20.8. The standard InChI is InChI=1S/C61H108O14/c1-3-5-7-9-11-13-15-17-19-21-22-23-24-25-26-27-28-29-30-32-34-36-38-40-42-44-53(63)73-50(47-70-45-43-41-39-37-35-33-31-20-18-16-14-12-10-8-6-4-2)48-71-60-59(69)57(67)55(65)52(75-60)49-72-61-58(68)56(66)54(64)51(46-62)74-61/h5,7,11,13,17-20,22-23,50-52,54-62,64-69H,3-4,6,8-10,12,14-16,21,24-49H2,1-2H3/b7-5-,13-11-,19-17-,20-18-,23-22-. The van der Waals surface area contributed by atoms with E-state index in [1.165, 1.54) is 116 Å². The molecule has 0 bridgehead atoms. The Morgan fingerprint density at radius 3 is 1.37 bits per heavy atom. The summed E-state index contributed by atoms with van der Waals surface area (Å²) < 4.78 is 34.4. The first-order chi connectivity index (χ1) is 36.6. The molecule has 2 aliphatic rings. The molecule has 2 fully saturated rings. The molecular weight excluding hydrogens is 957 g/mol. The zero-order valence-corrected chi connectivity index (χ0v) is 46.8. The van der Waals surface area contributed by atoms with E-state index in [0.717, 1.165) is 77.0 Å². The summed E-state index contributed by atoms with van der Waals surface area (Å²) in [6.07, 6.45) is 42.8. The maximum atomic E-state index is 13.1. The molecule has 436 valence electrons. The Morgan fingerprint density at radius 2 is 0.867 bits per heavy atom. The fourth-order valence-electron chi connectivity index (χ4n) is 9.21. The Kier molecular flexibility index (Phi) is 43.7. The predicted molar refractivity (Wildman–Crippen MR) is 298 cm³/mol. The Hall–Kier alpha value is -2.31. The summed E-state index contributed by atoms with van der Waals surface area (Å²) in [5, 5.41) is 72.4. The van der Waals surface area contributed by atoms with Crippen LogP contribution in [0.2, 0.25) is 0 Å². The lowest BCUT2D eigenvalue weighted by Crippen LogP contribution is -2.61. The monoisotopic (exact) mass is 1060 g/mol. The van der Waals surface area contributed by atoms with Gasteiger partial charge in [0.1, 0.15) is 54.9 Å². The quantitative estimate of drug-likeness (QED) is 0.0172. The third-order valence-electron chi connectivity index (χ3n) is 14.0. The van der Waals surface area contributed by atoms with E-state index in [1.807, 2.05) is 0 Å². The summed E-state index contributed by atoms with van der Waals surface area (Å²) in [6, 6.07) is 0. The van der Waals surface area contributed by atoms with E-state index in [2.05, 4.69) is 74.6 Å². The molecule has 2 heterocycles. The van der Waals surface area contributed by atoms with Crippen LogP contribution in [0.25, 0.3) is 0 Å². The number of hydrogen-bond acceptors (Lipinski definition) is 14. The van der Waals surface area contributed by atoms with Crippen molar-refractivity contribution in [1.82, 2.24) is 0 Å². The summed E-state index contributed by atoms with van der Waals surface area (Å²) >= 11 is 0. The van der Waals surface area contributed by atoms with E-state index >= 15 is 0 Å². The van der Waals surface area contributed by atoms with Crippen LogP contribution in [0.3, 0.4) is 0 Å². The van der Waals surface area contributed by atoms with Crippen LogP contribution in [0.1, 0.15) is 219 Å². The smallest absolute Gasteiger partial charge is 0.306 e. The second kappa shape index (κ2) is 47.7. The number of aliphatic hydroxyl groups excluding tert-OH is 7. The van der Waals surface area contributed by atoms with Crippen molar-refractivity contribution in [3.63, 3.8) is 0 Å². The minimum atomic E-state index is -1.71. The zero-order valence-electron chi connectivity index (χ0n) is 46.8. The van der Waals surface area contributed by atoms with Crippen LogP contribution in [-0.2, 0) is 33.2 Å². The minimum absolute atomic E-state index is 0.0560. The third-order valence-corrected chi connectivity index (χ3v) is 14.0. The van der Waals surface area contributed by atoms with E-state index in [4.69, 9.17) is 28.4 Å². The molecule has 0 spiro atoms. The van der Waals surface area contributed by atoms with Gasteiger partial charge in [-0.2, -0.15) is 0 Å². The number of allylic oxidation sites excluding steroid dienone is 10. The summed E-state index contributed by atoms with van der Waals surface area (Å²) in [5.74, 6) is -0.380. The van der Waals surface area contributed by atoms with Gasteiger partial charge in [0, 0.05) is 13.0 Å². The molecule has 0 aromatic rings. The molecule has 0 saturated carbocycles. The van der Waals surface area contributed by atoms with Gasteiger partial charge in [-0.25, -0.2) is 0 Å². The van der Waals surface area contributed by atoms with E-state index in [0.29, 0.717) is 13.0 Å². The highest BCUT2D eigenvalue weighted by atomic mass is 16.7. The first-order valence-electron chi connectivity index (χ1n) is 29.9. The molecule has 7 N–H and O–H groups in total. The van der Waals surface area contributed by atoms with Gasteiger partial charge in [0.15, 0.2) is 12.6 Å². The van der Waals surface area contributed by atoms with Gasteiger partial charge in [-0.05, 0) is 77.0 Å². The van der Waals surface area contributed by atoms with Crippen molar-refractivity contribution >= 4 is 5.97 Å². The molecule has 0 aromatic heterocycles. The van der Waals surface area contributed by atoms with Crippen LogP contribution >= 0.6 is 0 Å². The molecule has 2 saturated heterocycles. The number of carbonyl (C=O) groups is 1. The summed E-state index contributed by atoms with van der Waals surface area (Å²) in [6.45, 7) is 3.57. The van der Waals surface area contributed by atoms with Crippen LogP contribution < -0.4 is 0 Å². The predicted octanol–water partition coefficient (Wildman–Crippen LogP) is 10.9. The molecule has 0 amide bonds. The van der Waals surface area contributed by atoms with Gasteiger partial charge < -0.3 is 64.2 Å². The molecule has 11 unspecified atom stereocenters. The molecule has 14 nitrogen and oxygen atoms in total. The van der Waals surface area contributed by atoms with Crippen molar-refractivity contribution in [3.8, 4) is 0 Å². The summed E-state index contributed by atoms with van der Waals surface area (Å²) in [4.78, 5) is 13.1. The van der Waals surface area contributed by atoms with E-state index in [9.17, 15) is 40.5 Å². The lowest BCUT2D eigenvalue weighted by Gasteiger charge is -2.42. The molecule has 0 aliphatic carbocycles. The molecular formula is C61H108O14. The van der Waals surface area contributed by atoms with Gasteiger partial charge in [0.25, 0.3) is 0 Å². The van der Waals surface area contributed by atoms with Gasteiger partial charge in [-0.1, -0.05) is 197 Å². The summed E-state index contributed by atoms with van der Waals surface area (Å²) in [5.41, 5.74) is 0. The van der Waals surface area contributed by atoms with Gasteiger partial charge >= 0.3 is 5.97 Å². The van der Waals surface area contributed by atoms with Crippen molar-refractivity contribution in [2.75, 3.05) is 33.0 Å². The number of unbranched alkanes of at least 4 members (excludes halogenated alkanes) is 24. The van der Waals surface area contributed by atoms with Crippen LogP contribution in [0, 0.1) is 0 Å². The van der Waals surface area contributed by atoms with Crippen molar-refractivity contribution in [3.05, 3.63) is 60.8 Å². The highest BCUT2D eigenvalue weighted by Gasteiger charge is 2.47. The van der Waals surface area contributed by atoms with Crippen LogP contribution in [0.5, 0.6) is 0 Å². The molecule has 11 atom stereocenters. The highest BCUT2D eigenvalue weighted by molar-refractivity contribution is 5.69. The number of carbonyl (C=O) groups excluding carboxylic acids is 1. The maximum Gasteiger partial charge on any atom is 0.306 e. The van der Waals surface area contributed by atoms with Crippen molar-refractivity contribution in [1.29, 1.82) is 0 Å². The average molecular weight is 1070 g/mol. The van der Waals surface area contributed by atoms with E-state index < -0.39 is 80.7 Å². The van der Waals surface area contributed by atoms with Gasteiger partial charge in [-0.15, -0.1) is 0 Å². The fourth-order valence-corrected chi connectivity index (χ4v) is 9.21. The topological polar surface area (TPSA) is 214 Å². The van der Waals surface area contributed by atoms with Gasteiger partial charge in [0.2, 0.25) is 0 Å². The van der Waals surface area contributed by atoms with Gasteiger partial charge in [0.05, 0.1) is 26.4 Å². The highest BCUT2D eigenvalue weighted by Crippen LogP contribution is 2.27. The van der Waals surface area contributed by atoms with E-state index in [1.54, 1.807) is 0 Å². The van der Waals surface area contributed by atoms with Crippen LogP contribution in [0.4, 0.5) is 0 Å². The average Bonchev–Trinajstić information content (AvgIpc) is 3.41. The Balaban J connectivity index is 1.69. The third kappa shape index (κ3) is 34.3. The molecule has 75 heavy (non-hydrogen) atoms. The van der Waals surface area contributed by atoms with E-state index in [-0.39, 0.29) is 25.6 Å². The lowest BCUT2D eigenvalue weighted by molar-refractivity contribution is -0.332. The molecule has 2 aliphatic heterocycles. The number of ether oxygens (including phenoxy) is 6. The molecule has 0 radical (unpaired) electrons. The van der Waals surface area contributed by atoms with Gasteiger partial charge in [-0.3, -0.25) is 4.79 Å². The minimum Gasteiger partial charge on any atom is -0.457 e. The number of esters is 1. The molecule has 2 rings (SSSR count).